The zero-order valence-corrected chi connectivity index (χ0v) is 13.4. The van der Waals surface area contributed by atoms with E-state index in [9.17, 15) is 4.79 Å². The smallest absolute Gasteiger partial charge is 0.337 e. The molecule has 5 heteroatoms. The number of nitrogens with one attached hydrogen (secondary N) is 1. The van der Waals surface area contributed by atoms with Crippen molar-refractivity contribution in [3.63, 3.8) is 0 Å². The Kier molecular flexibility index (Phi) is 5.48. The lowest BCUT2D eigenvalue weighted by atomic mass is 9.95. The summed E-state index contributed by atoms with van der Waals surface area (Å²) in [5.74, 6) is 0.133. The molecule has 4 nitrogen and oxygen atoms in total. The number of carbonyl (C=O) groups is 1. The Balaban J connectivity index is 2.09. The van der Waals surface area contributed by atoms with Crippen molar-refractivity contribution in [1.82, 2.24) is 0 Å². The minimum absolute atomic E-state index is 0.263. The average molecular weight is 312 g/mol. The first-order chi connectivity index (χ1) is 10.0. The van der Waals surface area contributed by atoms with E-state index in [1.165, 1.54) is 7.11 Å². The number of benzene rings is 1. The highest BCUT2D eigenvalue weighted by Crippen LogP contribution is 2.28. The van der Waals surface area contributed by atoms with Gasteiger partial charge in [0.05, 0.1) is 29.5 Å². The molecule has 1 heterocycles. The van der Waals surface area contributed by atoms with Crippen LogP contribution in [0.15, 0.2) is 18.2 Å². The van der Waals surface area contributed by atoms with Gasteiger partial charge in [-0.15, -0.1) is 0 Å². The first-order valence-electron chi connectivity index (χ1n) is 7.27. The molecule has 2 rings (SSSR count). The second-order valence-corrected chi connectivity index (χ2v) is 6.11. The molecular formula is C16H22ClNO3. The van der Waals surface area contributed by atoms with Crippen molar-refractivity contribution in [2.75, 3.05) is 19.0 Å². The monoisotopic (exact) mass is 311 g/mol. The Hall–Kier alpha value is -1.26. The van der Waals surface area contributed by atoms with E-state index in [1.54, 1.807) is 18.2 Å². The van der Waals surface area contributed by atoms with Gasteiger partial charge in [0, 0.05) is 12.6 Å². The van der Waals surface area contributed by atoms with Crippen molar-refractivity contribution in [1.29, 1.82) is 0 Å². The third-order valence-electron chi connectivity index (χ3n) is 3.81. The summed E-state index contributed by atoms with van der Waals surface area (Å²) in [7, 11) is 1.37. The van der Waals surface area contributed by atoms with E-state index >= 15 is 0 Å². The van der Waals surface area contributed by atoms with Gasteiger partial charge in [0.15, 0.2) is 0 Å². The second-order valence-electron chi connectivity index (χ2n) is 5.71. The quantitative estimate of drug-likeness (QED) is 0.860. The Morgan fingerprint density at radius 2 is 2.24 bits per heavy atom. The minimum atomic E-state index is -0.359. The first kappa shape index (κ1) is 16.1. The van der Waals surface area contributed by atoms with Gasteiger partial charge < -0.3 is 14.8 Å². The van der Waals surface area contributed by atoms with Gasteiger partial charge in [0.25, 0.3) is 0 Å². The van der Waals surface area contributed by atoms with Gasteiger partial charge in [-0.3, -0.25) is 0 Å². The summed E-state index contributed by atoms with van der Waals surface area (Å²) in [6, 6.07) is 5.43. The Bertz CT molecular complexity index is 504. The highest BCUT2D eigenvalue weighted by molar-refractivity contribution is 6.33. The molecule has 21 heavy (non-hydrogen) atoms. The third-order valence-corrected chi connectivity index (χ3v) is 4.14. The number of anilines is 1. The van der Waals surface area contributed by atoms with Crippen LogP contribution in [0.4, 0.5) is 5.69 Å². The maximum atomic E-state index is 11.6. The molecule has 0 amide bonds. The van der Waals surface area contributed by atoms with Crippen LogP contribution in [0.25, 0.3) is 0 Å². The van der Waals surface area contributed by atoms with Gasteiger partial charge in [-0.2, -0.15) is 0 Å². The lowest BCUT2D eigenvalue weighted by molar-refractivity contribution is -0.0160. The third kappa shape index (κ3) is 4.11. The minimum Gasteiger partial charge on any atom is -0.465 e. The molecule has 1 aromatic rings. The maximum absolute atomic E-state index is 11.6. The van der Waals surface area contributed by atoms with Gasteiger partial charge in [-0.25, -0.2) is 4.79 Å². The van der Waals surface area contributed by atoms with Crippen molar-refractivity contribution in [3.8, 4) is 0 Å². The zero-order chi connectivity index (χ0) is 15.4. The topological polar surface area (TPSA) is 47.6 Å². The van der Waals surface area contributed by atoms with Crippen LogP contribution in [-0.4, -0.2) is 31.8 Å². The molecule has 1 aliphatic rings. The molecule has 0 saturated carbocycles. The number of ether oxygens (including phenoxy) is 2. The van der Waals surface area contributed by atoms with Crippen LogP contribution < -0.4 is 5.32 Å². The summed E-state index contributed by atoms with van der Waals surface area (Å²) < 4.78 is 10.5. The molecule has 0 radical (unpaired) electrons. The fourth-order valence-electron chi connectivity index (χ4n) is 2.52. The predicted octanol–water partition coefficient (Wildman–Crippen LogP) is 3.74. The maximum Gasteiger partial charge on any atom is 0.337 e. The Morgan fingerprint density at radius 3 is 2.90 bits per heavy atom. The van der Waals surface area contributed by atoms with Crippen LogP contribution in [0, 0.1) is 5.92 Å². The van der Waals surface area contributed by atoms with Gasteiger partial charge in [-0.1, -0.05) is 25.4 Å². The van der Waals surface area contributed by atoms with E-state index in [-0.39, 0.29) is 12.1 Å². The molecular weight excluding hydrogens is 290 g/mol. The summed E-state index contributed by atoms with van der Waals surface area (Å²) in [4.78, 5) is 11.6. The predicted molar refractivity (Wildman–Crippen MR) is 84.0 cm³/mol. The number of hydrogen-bond acceptors (Lipinski definition) is 4. The summed E-state index contributed by atoms with van der Waals surface area (Å²) >= 11 is 6.22. The van der Waals surface area contributed by atoms with Crippen LogP contribution in [0.3, 0.4) is 0 Å². The fourth-order valence-corrected chi connectivity index (χ4v) is 2.70. The van der Waals surface area contributed by atoms with E-state index in [0.717, 1.165) is 25.1 Å². The average Bonchev–Trinajstić information content (AvgIpc) is 2.49. The van der Waals surface area contributed by atoms with Crippen LogP contribution >= 0.6 is 11.6 Å². The summed E-state index contributed by atoms with van der Waals surface area (Å²) in [6.07, 6.45) is 2.14. The van der Waals surface area contributed by atoms with Crippen LogP contribution in [0.2, 0.25) is 5.02 Å². The number of rotatable bonds is 4. The molecule has 0 aliphatic carbocycles. The van der Waals surface area contributed by atoms with E-state index in [1.807, 2.05) is 0 Å². The van der Waals surface area contributed by atoms with Crippen molar-refractivity contribution < 1.29 is 14.3 Å². The molecule has 0 bridgehead atoms. The van der Waals surface area contributed by atoms with Crippen LogP contribution in [0.1, 0.15) is 37.0 Å². The van der Waals surface area contributed by atoms with Crippen molar-refractivity contribution in [3.05, 3.63) is 28.8 Å². The van der Waals surface area contributed by atoms with Crippen molar-refractivity contribution >= 4 is 23.3 Å². The van der Waals surface area contributed by atoms with Crippen molar-refractivity contribution in [2.24, 2.45) is 5.92 Å². The molecule has 1 aliphatic heterocycles. The molecule has 1 fully saturated rings. The second kappa shape index (κ2) is 7.14. The van der Waals surface area contributed by atoms with Gasteiger partial charge in [0.1, 0.15) is 0 Å². The molecule has 0 spiro atoms. The first-order valence-corrected chi connectivity index (χ1v) is 7.65. The van der Waals surface area contributed by atoms with E-state index in [2.05, 4.69) is 19.2 Å². The zero-order valence-electron chi connectivity index (χ0n) is 12.7. The standard InChI is InChI=1S/C16H22ClNO3/c1-10(2)15-9-12(6-7-21-15)18-14-8-11(16(19)20-3)4-5-13(14)17/h4-5,8,10,12,15,18H,6-7,9H2,1-3H3. The van der Waals surface area contributed by atoms with E-state index in [0.29, 0.717) is 22.5 Å². The molecule has 0 aromatic heterocycles. The van der Waals surface area contributed by atoms with Crippen molar-refractivity contribution in [2.45, 2.75) is 38.8 Å². The van der Waals surface area contributed by atoms with E-state index in [4.69, 9.17) is 21.1 Å². The largest absolute Gasteiger partial charge is 0.465 e. The fraction of sp³-hybridized carbons (Fsp3) is 0.562. The lowest BCUT2D eigenvalue weighted by Gasteiger charge is -2.33. The molecule has 1 saturated heterocycles. The number of esters is 1. The number of halogens is 1. The Labute approximate surface area is 130 Å². The molecule has 1 aromatic carbocycles. The van der Waals surface area contributed by atoms with Gasteiger partial charge in [0.2, 0.25) is 0 Å². The number of methoxy groups -OCH3 is 1. The number of hydrogen-bond donors (Lipinski definition) is 1. The SMILES string of the molecule is COC(=O)c1ccc(Cl)c(NC2CCOC(C(C)C)C2)c1. The van der Waals surface area contributed by atoms with E-state index < -0.39 is 0 Å². The van der Waals surface area contributed by atoms with Gasteiger partial charge >= 0.3 is 5.97 Å². The van der Waals surface area contributed by atoms with Crippen LogP contribution in [0.5, 0.6) is 0 Å². The van der Waals surface area contributed by atoms with Crippen LogP contribution in [-0.2, 0) is 9.47 Å². The lowest BCUT2D eigenvalue weighted by Crippen LogP contribution is -2.36. The number of carbonyl (C=O) groups excluding carboxylic acids is 1. The highest BCUT2D eigenvalue weighted by Gasteiger charge is 2.25. The highest BCUT2D eigenvalue weighted by atomic mass is 35.5. The summed E-state index contributed by atoms with van der Waals surface area (Å²) in [5.41, 5.74) is 1.27. The summed E-state index contributed by atoms with van der Waals surface area (Å²) in [6.45, 7) is 5.07. The molecule has 2 atom stereocenters. The summed E-state index contributed by atoms with van der Waals surface area (Å²) in [5, 5.41) is 4.04. The molecule has 116 valence electrons. The van der Waals surface area contributed by atoms with Gasteiger partial charge in [-0.05, 0) is 37.0 Å². The normalized spacial score (nSPS) is 22.1. The molecule has 1 N–H and O–H groups in total. The Morgan fingerprint density at radius 1 is 1.48 bits per heavy atom. The molecule has 2 unspecified atom stereocenters.